The van der Waals surface area contributed by atoms with Gasteiger partial charge in [-0.15, -0.1) is 11.6 Å². The van der Waals surface area contributed by atoms with Gasteiger partial charge in [-0.2, -0.15) is 0 Å². The van der Waals surface area contributed by atoms with Crippen molar-refractivity contribution in [2.24, 2.45) is 5.41 Å². The van der Waals surface area contributed by atoms with Crippen molar-refractivity contribution in [2.75, 3.05) is 20.3 Å². The molecule has 0 aromatic heterocycles. The van der Waals surface area contributed by atoms with Gasteiger partial charge in [-0.25, -0.2) is 0 Å². The van der Waals surface area contributed by atoms with Crippen LogP contribution in [0.4, 0.5) is 0 Å². The highest BCUT2D eigenvalue weighted by molar-refractivity contribution is 6.21. The van der Waals surface area contributed by atoms with Crippen LogP contribution in [-0.2, 0) is 9.47 Å². The highest BCUT2D eigenvalue weighted by Gasteiger charge is 2.54. The third kappa shape index (κ3) is 2.39. The first kappa shape index (κ1) is 12.7. The molecular formula is C13H23ClO2. The monoisotopic (exact) mass is 246 g/mol. The average Bonchev–Trinajstić information content (AvgIpc) is 2.55. The zero-order valence-corrected chi connectivity index (χ0v) is 11.0. The molecule has 0 radical (unpaired) electrons. The van der Waals surface area contributed by atoms with Crippen molar-refractivity contribution in [1.29, 1.82) is 0 Å². The number of hydrogen-bond acceptors (Lipinski definition) is 2. The molecule has 0 aliphatic heterocycles. The van der Waals surface area contributed by atoms with Gasteiger partial charge in [-0.3, -0.25) is 0 Å². The Morgan fingerprint density at radius 3 is 2.38 bits per heavy atom. The number of alkyl halides is 1. The van der Waals surface area contributed by atoms with Gasteiger partial charge in [0.2, 0.25) is 0 Å². The molecule has 2 aliphatic carbocycles. The van der Waals surface area contributed by atoms with Gasteiger partial charge in [0.25, 0.3) is 0 Å². The smallest absolute Gasteiger partial charge is 0.0704 e. The topological polar surface area (TPSA) is 18.5 Å². The third-order valence-corrected chi connectivity index (χ3v) is 4.94. The van der Waals surface area contributed by atoms with Crippen molar-refractivity contribution in [1.82, 2.24) is 0 Å². The number of rotatable bonds is 4. The average molecular weight is 247 g/mol. The molecule has 0 heterocycles. The molecule has 2 atom stereocenters. The molecule has 2 aliphatic rings. The zero-order valence-electron chi connectivity index (χ0n) is 10.2. The van der Waals surface area contributed by atoms with E-state index in [1.54, 1.807) is 7.11 Å². The van der Waals surface area contributed by atoms with E-state index in [4.69, 9.17) is 21.1 Å². The molecular weight excluding hydrogens is 224 g/mol. The molecule has 94 valence electrons. The first-order valence-corrected chi connectivity index (χ1v) is 6.98. The highest BCUT2D eigenvalue weighted by atomic mass is 35.5. The van der Waals surface area contributed by atoms with Gasteiger partial charge in [0.05, 0.1) is 19.3 Å². The summed E-state index contributed by atoms with van der Waals surface area (Å²) in [6, 6.07) is 0. The van der Waals surface area contributed by atoms with E-state index in [2.05, 4.69) is 0 Å². The van der Waals surface area contributed by atoms with Gasteiger partial charge in [0.15, 0.2) is 0 Å². The van der Waals surface area contributed by atoms with E-state index in [0.29, 0.717) is 30.1 Å². The SMILES string of the molecule is COCCOC1CC(Cl)C12CCCCCC2. The quantitative estimate of drug-likeness (QED) is 0.559. The molecule has 2 fully saturated rings. The van der Waals surface area contributed by atoms with Crippen molar-refractivity contribution in [3.05, 3.63) is 0 Å². The maximum Gasteiger partial charge on any atom is 0.0704 e. The van der Waals surface area contributed by atoms with Crippen LogP contribution < -0.4 is 0 Å². The van der Waals surface area contributed by atoms with Crippen LogP contribution in [0.25, 0.3) is 0 Å². The lowest BCUT2D eigenvalue weighted by Crippen LogP contribution is -2.55. The first-order valence-electron chi connectivity index (χ1n) is 6.54. The van der Waals surface area contributed by atoms with E-state index in [-0.39, 0.29) is 0 Å². The van der Waals surface area contributed by atoms with E-state index < -0.39 is 0 Å². The summed E-state index contributed by atoms with van der Waals surface area (Å²) in [5.74, 6) is 0. The standard InChI is InChI=1S/C13H23ClO2/c1-15-8-9-16-12-10-11(14)13(12)6-4-2-3-5-7-13/h11-12H,2-10H2,1H3. The van der Waals surface area contributed by atoms with E-state index in [1.165, 1.54) is 38.5 Å². The Balaban J connectivity index is 1.88. The first-order chi connectivity index (χ1) is 7.79. The molecule has 0 aromatic rings. The van der Waals surface area contributed by atoms with Gasteiger partial charge in [-0.05, 0) is 19.3 Å². The van der Waals surface area contributed by atoms with Crippen LogP contribution in [0.3, 0.4) is 0 Å². The van der Waals surface area contributed by atoms with Gasteiger partial charge < -0.3 is 9.47 Å². The molecule has 16 heavy (non-hydrogen) atoms. The summed E-state index contributed by atoms with van der Waals surface area (Å²) < 4.78 is 11.0. The van der Waals surface area contributed by atoms with Crippen LogP contribution in [0.15, 0.2) is 0 Å². The predicted molar refractivity (Wildman–Crippen MR) is 66.0 cm³/mol. The maximum absolute atomic E-state index is 6.45. The lowest BCUT2D eigenvalue weighted by molar-refractivity contribution is -0.123. The van der Waals surface area contributed by atoms with Gasteiger partial charge in [0.1, 0.15) is 0 Å². The summed E-state index contributed by atoms with van der Waals surface area (Å²) in [4.78, 5) is 0. The van der Waals surface area contributed by atoms with Crippen LogP contribution in [-0.4, -0.2) is 31.8 Å². The highest BCUT2D eigenvalue weighted by Crippen LogP contribution is 2.54. The Labute approximate surface area is 104 Å². The summed E-state index contributed by atoms with van der Waals surface area (Å²) in [5.41, 5.74) is 0.297. The van der Waals surface area contributed by atoms with E-state index in [0.717, 1.165) is 6.42 Å². The lowest BCUT2D eigenvalue weighted by atomic mass is 9.61. The van der Waals surface area contributed by atoms with E-state index in [1.807, 2.05) is 0 Å². The van der Waals surface area contributed by atoms with Crippen molar-refractivity contribution in [3.8, 4) is 0 Å². The fraction of sp³-hybridized carbons (Fsp3) is 1.00. The summed E-state index contributed by atoms with van der Waals surface area (Å²) in [7, 11) is 1.72. The van der Waals surface area contributed by atoms with Gasteiger partial charge in [-0.1, -0.05) is 25.7 Å². The summed E-state index contributed by atoms with van der Waals surface area (Å²) in [6.07, 6.45) is 9.35. The maximum atomic E-state index is 6.45. The van der Waals surface area contributed by atoms with Crippen molar-refractivity contribution >= 4 is 11.6 Å². The number of hydrogen-bond donors (Lipinski definition) is 0. The number of halogens is 1. The van der Waals surface area contributed by atoms with Crippen LogP contribution in [0, 0.1) is 5.41 Å². The second kappa shape index (κ2) is 5.70. The fourth-order valence-corrected chi connectivity index (χ4v) is 3.75. The zero-order chi connectivity index (χ0) is 11.4. The third-order valence-electron chi connectivity index (χ3n) is 4.33. The van der Waals surface area contributed by atoms with E-state index in [9.17, 15) is 0 Å². The molecule has 1 spiro atoms. The summed E-state index contributed by atoms with van der Waals surface area (Å²) >= 11 is 6.45. The molecule has 2 unspecified atom stereocenters. The summed E-state index contributed by atoms with van der Waals surface area (Å²) in [6.45, 7) is 1.41. The Hall–Kier alpha value is 0.210. The molecule has 0 aromatic carbocycles. The largest absolute Gasteiger partial charge is 0.382 e. The van der Waals surface area contributed by atoms with Crippen LogP contribution in [0.2, 0.25) is 0 Å². The molecule has 0 N–H and O–H groups in total. The van der Waals surface area contributed by atoms with Crippen molar-refractivity contribution in [3.63, 3.8) is 0 Å². The predicted octanol–water partition coefficient (Wildman–Crippen LogP) is 3.37. The molecule has 2 rings (SSSR count). The van der Waals surface area contributed by atoms with Crippen molar-refractivity contribution in [2.45, 2.75) is 56.4 Å². The van der Waals surface area contributed by atoms with E-state index >= 15 is 0 Å². The lowest BCUT2D eigenvalue weighted by Gasteiger charge is -2.53. The second-order valence-corrected chi connectivity index (χ2v) is 5.73. The van der Waals surface area contributed by atoms with Crippen LogP contribution in [0.5, 0.6) is 0 Å². The Kier molecular flexibility index (Phi) is 4.51. The van der Waals surface area contributed by atoms with Gasteiger partial charge >= 0.3 is 0 Å². The number of methoxy groups -OCH3 is 1. The molecule has 2 saturated carbocycles. The van der Waals surface area contributed by atoms with Crippen LogP contribution in [0.1, 0.15) is 44.9 Å². The normalized spacial score (nSPS) is 33.4. The molecule has 3 heteroatoms. The van der Waals surface area contributed by atoms with Crippen molar-refractivity contribution < 1.29 is 9.47 Å². The Morgan fingerprint density at radius 1 is 1.12 bits per heavy atom. The van der Waals surface area contributed by atoms with Gasteiger partial charge in [0, 0.05) is 17.9 Å². The molecule has 0 bridgehead atoms. The second-order valence-electron chi connectivity index (χ2n) is 5.20. The van der Waals surface area contributed by atoms with Crippen LogP contribution >= 0.6 is 11.6 Å². The minimum absolute atomic E-state index is 0.297. The molecule has 0 saturated heterocycles. The Morgan fingerprint density at radius 2 is 1.81 bits per heavy atom. The Bertz CT molecular complexity index is 212. The number of ether oxygens (including phenoxy) is 2. The molecule has 0 amide bonds. The minimum atomic E-state index is 0.297. The minimum Gasteiger partial charge on any atom is -0.382 e. The fourth-order valence-electron chi connectivity index (χ4n) is 3.23. The summed E-state index contributed by atoms with van der Waals surface area (Å²) in [5, 5.41) is 0.346. The molecule has 2 nitrogen and oxygen atoms in total.